The van der Waals surface area contributed by atoms with Gasteiger partial charge in [0.25, 0.3) is 5.69 Å². The molecule has 1 aromatic carbocycles. The van der Waals surface area contributed by atoms with Gasteiger partial charge in [-0.05, 0) is 44.2 Å². The molecule has 0 aliphatic carbocycles. The summed E-state index contributed by atoms with van der Waals surface area (Å²) >= 11 is 0. The number of nitrogens with one attached hydrogen (secondary N) is 1. The predicted octanol–water partition coefficient (Wildman–Crippen LogP) is 3.20. The van der Waals surface area contributed by atoms with E-state index in [-0.39, 0.29) is 17.6 Å². The van der Waals surface area contributed by atoms with Gasteiger partial charge in [0.2, 0.25) is 5.91 Å². The second-order valence-corrected chi connectivity index (χ2v) is 6.38. The van der Waals surface area contributed by atoms with E-state index in [1.165, 1.54) is 12.3 Å². The third-order valence-corrected chi connectivity index (χ3v) is 3.84. The van der Waals surface area contributed by atoms with Gasteiger partial charge in [-0.1, -0.05) is 0 Å². The number of imidazole rings is 1. The van der Waals surface area contributed by atoms with E-state index in [1.807, 2.05) is 38.1 Å². The molecule has 0 spiro atoms. The summed E-state index contributed by atoms with van der Waals surface area (Å²) in [5.41, 5.74) is 2.22. The minimum Gasteiger partial charge on any atom is -0.493 e. The van der Waals surface area contributed by atoms with Crippen molar-refractivity contribution in [1.82, 2.24) is 14.7 Å². The minimum atomic E-state index is -0.438. The summed E-state index contributed by atoms with van der Waals surface area (Å²) in [4.78, 5) is 26.5. The maximum atomic E-state index is 11.6. The number of nitro groups is 1. The first-order chi connectivity index (χ1) is 12.9. The fourth-order valence-electron chi connectivity index (χ4n) is 2.60. The molecule has 2 aromatic heterocycles. The number of hydrogen-bond acceptors (Lipinski definition) is 5. The van der Waals surface area contributed by atoms with Crippen molar-refractivity contribution < 1.29 is 14.5 Å². The fourth-order valence-corrected chi connectivity index (χ4v) is 2.60. The van der Waals surface area contributed by atoms with Crippen molar-refractivity contribution in [3.05, 3.63) is 58.9 Å². The molecule has 1 amide bonds. The lowest BCUT2D eigenvalue weighted by atomic mass is 10.2. The number of fused-ring (bicyclic) bond motifs is 1. The topological polar surface area (TPSA) is 98.8 Å². The molecular formula is C19H20N4O4. The monoisotopic (exact) mass is 368 g/mol. The van der Waals surface area contributed by atoms with Gasteiger partial charge >= 0.3 is 0 Å². The molecule has 8 heteroatoms. The average molecular weight is 368 g/mol. The van der Waals surface area contributed by atoms with Gasteiger partial charge in [-0.25, -0.2) is 4.98 Å². The van der Waals surface area contributed by atoms with Crippen molar-refractivity contribution in [3.8, 4) is 17.0 Å². The molecule has 2 heterocycles. The highest BCUT2D eigenvalue weighted by atomic mass is 16.6. The summed E-state index contributed by atoms with van der Waals surface area (Å²) < 4.78 is 7.22. The van der Waals surface area contributed by atoms with Crippen LogP contribution in [0, 0.1) is 10.1 Å². The number of aromatic nitrogens is 2. The van der Waals surface area contributed by atoms with Crippen LogP contribution >= 0.6 is 0 Å². The summed E-state index contributed by atoms with van der Waals surface area (Å²) in [6, 6.07) is 10.5. The van der Waals surface area contributed by atoms with Crippen LogP contribution in [-0.2, 0) is 4.79 Å². The Morgan fingerprint density at radius 1 is 1.22 bits per heavy atom. The molecule has 3 rings (SSSR count). The summed E-state index contributed by atoms with van der Waals surface area (Å²) in [5.74, 6) is 0.621. The van der Waals surface area contributed by atoms with Crippen LogP contribution in [0.1, 0.15) is 20.3 Å². The minimum absolute atomic E-state index is 0.0108. The predicted molar refractivity (Wildman–Crippen MR) is 101 cm³/mol. The van der Waals surface area contributed by atoms with Gasteiger partial charge in [0.15, 0.2) is 0 Å². The Balaban J connectivity index is 1.65. The molecular weight excluding hydrogens is 348 g/mol. The van der Waals surface area contributed by atoms with Crippen LogP contribution in [0.2, 0.25) is 0 Å². The molecule has 0 atom stereocenters. The molecule has 1 N–H and O–H groups in total. The normalized spacial score (nSPS) is 10.9. The highest BCUT2D eigenvalue weighted by Gasteiger charge is 2.10. The lowest BCUT2D eigenvalue weighted by Gasteiger charge is -2.09. The smallest absolute Gasteiger partial charge is 0.286 e. The maximum Gasteiger partial charge on any atom is 0.286 e. The van der Waals surface area contributed by atoms with Gasteiger partial charge in [-0.3, -0.25) is 19.3 Å². The summed E-state index contributed by atoms with van der Waals surface area (Å²) in [5, 5.41) is 13.7. The largest absolute Gasteiger partial charge is 0.493 e. The molecule has 0 radical (unpaired) electrons. The first-order valence-electron chi connectivity index (χ1n) is 8.58. The molecule has 140 valence electrons. The van der Waals surface area contributed by atoms with E-state index in [0.29, 0.717) is 30.1 Å². The molecule has 0 saturated heterocycles. The Kier molecular flexibility index (Phi) is 5.35. The van der Waals surface area contributed by atoms with Gasteiger partial charge in [0.1, 0.15) is 11.4 Å². The molecule has 3 aromatic rings. The quantitative estimate of drug-likeness (QED) is 0.510. The van der Waals surface area contributed by atoms with Gasteiger partial charge in [-0.2, -0.15) is 0 Å². The molecule has 0 unspecified atom stereocenters. The molecule has 0 bridgehead atoms. The molecule has 27 heavy (non-hydrogen) atoms. The van der Waals surface area contributed by atoms with E-state index in [9.17, 15) is 14.9 Å². The van der Waals surface area contributed by atoms with E-state index in [2.05, 4.69) is 10.3 Å². The van der Waals surface area contributed by atoms with E-state index >= 15 is 0 Å². The number of rotatable bonds is 7. The molecule has 0 aliphatic heterocycles. The van der Waals surface area contributed by atoms with Gasteiger partial charge in [-0.15, -0.1) is 0 Å². The number of hydrogen-bond donors (Lipinski definition) is 1. The summed E-state index contributed by atoms with van der Waals surface area (Å²) in [6.07, 6.45) is 3.48. The van der Waals surface area contributed by atoms with Crippen molar-refractivity contribution in [2.75, 3.05) is 6.61 Å². The van der Waals surface area contributed by atoms with Crippen LogP contribution < -0.4 is 10.1 Å². The number of benzene rings is 1. The van der Waals surface area contributed by atoms with E-state index < -0.39 is 4.92 Å². The fraction of sp³-hybridized carbons (Fsp3) is 0.263. The zero-order chi connectivity index (χ0) is 19.4. The zero-order valence-electron chi connectivity index (χ0n) is 15.1. The van der Waals surface area contributed by atoms with Crippen molar-refractivity contribution in [2.24, 2.45) is 0 Å². The Morgan fingerprint density at radius 2 is 1.96 bits per heavy atom. The van der Waals surface area contributed by atoms with Crippen molar-refractivity contribution >= 4 is 17.2 Å². The number of amides is 1. The molecule has 0 aliphatic rings. The lowest BCUT2D eigenvalue weighted by Crippen LogP contribution is -2.31. The number of nitrogens with zero attached hydrogens (tertiary/aromatic N) is 3. The van der Waals surface area contributed by atoms with Crippen LogP contribution in [0.15, 0.2) is 48.8 Å². The maximum absolute atomic E-state index is 11.6. The van der Waals surface area contributed by atoms with Crippen molar-refractivity contribution in [3.63, 3.8) is 0 Å². The van der Waals surface area contributed by atoms with Crippen LogP contribution in [0.5, 0.6) is 5.75 Å². The zero-order valence-corrected chi connectivity index (χ0v) is 15.1. The molecule has 8 nitrogen and oxygen atoms in total. The number of carbonyl (C=O) groups is 1. The third kappa shape index (κ3) is 4.60. The SMILES string of the molecule is CC(C)NC(=O)CCOc1ccc(-c2cn3cc([N+](=O)[O-])ccc3n2)cc1. The van der Waals surface area contributed by atoms with Crippen LogP contribution in [0.3, 0.4) is 0 Å². The molecule has 0 fully saturated rings. The highest BCUT2D eigenvalue weighted by molar-refractivity contribution is 5.76. The van der Waals surface area contributed by atoms with Gasteiger partial charge in [0.05, 0.1) is 29.8 Å². The summed E-state index contributed by atoms with van der Waals surface area (Å²) in [6.45, 7) is 4.12. The first-order valence-corrected chi connectivity index (χ1v) is 8.58. The number of carbonyl (C=O) groups excluding carboxylic acids is 1. The second-order valence-electron chi connectivity index (χ2n) is 6.38. The Morgan fingerprint density at radius 3 is 2.63 bits per heavy atom. The number of pyridine rings is 1. The van der Waals surface area contributed by atoms with Gasteiger partial charge < -0.3 is 10.1 Å². The Bertz CT molecular complexity index is 964. The van der Waals surface area contributed by atoms with Crippen LogP contribution in [-0.4, -0.2) is 32.9 Å². The standard InChI is InChI=1S/C19H20N4O4/c1-13(2)20-19(24)9-10-27-16-6-3-14(4-7-16)17-12-22-11-15(23(25)26)5-8-18(22)21-17/h3-8,11-13H,9-10H2,1-2H3,(H,20,24). The summed E-state index contributed by atoms with van der Waals surface area (Å²) in [7, 11) is 0. The van der Waals surface area contributed by atoms with E-state index in [1.54, 1.807) is 16.7 Å². The average Bonchev–Trinajstić information content (AvgIpc) is 3.04. The van der Waals surface area contributed by atoms with Crippen LogP contribution in [0.4, 0.5) is 5.69 Å². The van der Waals surface area contributed by atoms with Crippen LogP contribution in [0.25, 0.3) is 16.9 Å². The second kappa shape index (κ2) is 7.86. The third-order valence-electron chi connectivity index (χ3n) is 3.84. The first kappa shape index (κ1) is 18.4. The number of ether oxygens (including phenoxy) is 1. The van der Waals surface area contributed by atoms with E-state index in [4.69, 9.17) is 4.74 Å². The van der Waals surface area contributed by atoms with E-state index in [0.717, 1.165) is 5.56 Å². The van der Waals surface area contributed by atoms with Gasteiger partial charge in [0, 0.05) is 23.9 Å². The van der Waals surface area contributed by atoms with Crippen molar-refractivity contribution in [2.45, 2.75) is 26.3 Å². The molecule has 0 saturated carbocycles. The van der Waals surface area contributed by atoms with Crippen molar-refractivity contribution in [1.29, 1.82) is 0 Å². The lowest BCUT2D eigenvalue weighted by molar-refractivity contribution is -0.385. The highest BCUT2D eigenvalue weighted by Crippen LogP contribution is 2.23. The Hall–Kier alpha value is -3.42. The Labute approximate surface area is 155 Å².